The van der Waals surface area contributed by atoms with Crippen molar-refractivity contribution < 1.29 is 0 Å². The van der Waals surface area contributed by atoms with Crippen LogP contribution in [0.25, 0.3) is 0 Å². The molecule has 0 radical (unpaired) electrons. The number of hydrogen-bond acceptors (Lipinski definition) is 4. The van der Waals surface area contributed by atoms with Crippen molar-refractivity contribution in [3.63, 3.8) is 0 Å². The quantitative estimate of drug-likeness (QED) is 0.561. The van der Waals surface area contributed by atoms with E-state index in [1.165, 1.54) is 51.9 Å². The Morgan fingerprint density at radius 1 is 0.548 bits per heavy atom. The molecular weight excluding hydrogens is 382 g/mol. The van der Waals surface area contributed by atoms with E-state index in [1.807, 2.05) is 36.1 Å². The summed E-state index contributed by atoms with van der Waals surface area (Å²) in [6, 6.07) is 4.00. The average Bonchev–Trinajstić information content (AvgIpc) is 3.50. The molecule has 0 unspecified atom stereocenters. The topological polar surface area (TPSA) is 17.9 Å². The maximum Gasteiger partial charge on any atom is 0.0204 e. The van der Waals surface area contributed by atoms with E-state index in [-0.39, 0.29) is 7.43 Å². The van der Waals surface area contributed by atoms with E-state index in [4.69, 9.17) is 0 Å². The lowest BCUT2D eigenvalue weighted by Gasteiger charge is -2.02. The van der Waals surface area contributed by atoms with Crippen molar-refractivity contribution in [1.29, 1.82) is 0 Å². The lowest BCUT2D eigenvalue weighted by Crippen LogP contribution is -2.11. The minimum absolute atomic E-state index is 0. The van der Waals surface area contributed by atoms with Crippen LogP contribution in [-0.4, -0.2) is 91.6 Å². The summed E-state index contributed by atoms with van der Waals surface area (Å²) in [4.78, 5) is 8.97. The number of rotatable bonds is 0. The largest absolute Gasteiger partial charge is 0.380 e. The molecule has 4 aliphatic heterocycles. The van der Waals surface area contributed by atoms with Gasteiger partial charge in [-0.25, -0.2) is 0 Å². The molecule has 5 heteroatoms. The van der Waals surface area contributed by atoms with E-state index in [0.717, 1.165) is 13.1 Å². The SMILES string of the molecule is C.CN1C=CCC1.CN1C=CCC1.CN1CC=CC1.CN1CCCC1.Cn1cccc1. The van der Waals surface area contributed by atoms with Gasteiger partial charge in [-0.2, -0.15) is 0 Å². The van der Waals surface area contributed by atoms with Crippen LogP contribution in [0.1, 0.15) is 33.1 Å². The number of likely N-dealkylation sites (N-methyl/N-ethyl adjacent to an activating group) is 1. The molecule has 0 amide bonds. The van der Waals surface area contributed by atoms with Gasteiger partial charge in [0.15, 0.2) is 0 Å². The molecule has 1 aromatic rings. The number of aryl methyl sites for hydroxylation is 1. The van der Waals surface area contributed by atoms with Gasteiger partial charge in [0.2, 0.25) is 0 Å². The first-order chi connectivity index (χ1) is 14.5. The van der Waals surface area contributed by atoms with Crippen molar-refractivity contribution in [1.82, 2.24) is 24.2 Å². The van der Waals surface area contributed by atoms with E-state index in [0.29, 0.717) is 0 Å². The Kier molecular flexibility index (Phi) is 17.6. The van der Waals surface area contributed by atoms with Gasteiger partial charge in [0.1, 0.15) is 0 Å². The summed E-state index contributed by atoms with van der Waals surface area (Å²) in [7, 11) is 10.5. The summed E-state index contributed by atoms with van der Waals surface area (Å²) < 4.78 is 2.00. The van der Waals surface area contributed by atoms with Crippen molar-refractivity contribution in [3.05, 3.63) is 61.2 Å². The summed E-state index contributed by atoms with van der Waals surface area (Å²) in [5, 5.41) is 0. The zero-order valence-corrected chi connectivity index (χ0v) is 20.1. The summed E-state index contributed by atoms with van der Waals surface area (Å²) in [5.74, 6) is 0. The van der Waals surface area contributed by atoms with Crippen LogP contribution < -0.4 is 0 Å². The van der Waals surface area contributed by atoms with Crippen LogP contribution in [0.5, 0.6) is 0 Å². The summed E-state index contributed by atoms with van der Waals surface area (Å²) in [6.07, 6.45) is 22.2. The van der Waals surface area contributed by atoms with Crippen molar-refractivity contribution in [2.45, 2.75) is 33.1 Å². The van der Waals surface area contributed by atoms with Crippen LogP contribution in [0, 0.1) is 0 Å². The van der Waals surface area contributed by atoms with Crippen LogP contribution in [0.2, 0.25) is 0 Å². The molecule has 0 aromatic carbocycles. The van der Waals surface area contributed by atoms with E-state index >= 15 is 0 Å². The van der Waals surface area contributed by atoms with Gasteiger partial charge < -0.3 is 19.3 Å². The molecule has 0 N–H and O–H groups in total. The van der Waals surface area contributed by atoms with Gasteiger partial charge in [0.25, 0.3) is 0 Å². The molecule has 31 heavy (non-hydrogen) atoms. The van der Waals surface area contributed by atoms with E-state index in [9.17, 15) is 0 Å². The van der Waals surface area contributed by atoms with Gasteiger partial charge in [-0.05, 0) is 77.4 Å². The molecule has 0 saturated carbocycles. The van der Waals surface area contributed by atoms with Gasteiger partial charge in [0.05, 0.1) is 0 Å². The Labute approximate surface area is 193 Å². The zero-order valence-electron chi connectivity index (χ0n) is 20.1. The van der Waals surface area contributed by atoms with Crippen LogP contribution in [0.4, 0.5) is 0 Å². The molecule has 1 aromatic heterocycles. The summed E-state index contributed by atoms with van der Waals surface area (Å²) >= 11 is 0. The van der Waals surface area contributed by atoms with Crippen LogP contribution >= 0.6 is 0 Å². The Hall–Kier alpha value is -1.98. The van der Waals surface area contributed by atoms with Gasteiger partial charge in [-0.3, -0.25) is 4.90 Å². The standard InChI is InChI=1S/C5H11N.3C5H9N.C5H7N.CH4/c5*1-6-4-2-3-5-6;/h2-5H2,1H3;2*2,4H,3,5H2,1H3;2-3H,4-5H2,1H3;2-5H,1H3;1H4. The highest BCUT2D eigenvalue weighted by Crippen LogP contribution is 2.02. The predicted octanol–water partition coefficient (Wildman–Crippen LogP) is 4.53. The second-order valence-electron chi connectivity index (χ2n) is 8.36. The van der Waals surface area contributed by atoms with Gasteiger partial charge >= 0.3 is 0 Å². The normalized spacial score (nSPS) is 18.7. The number of hydrogen-bond donors (Lipinski definition) is 0. The van der Waals surface area contributed by atoms with E-state index in [1.54, 1.807) is 0 Å². The third-order valence-corrected chi connectivity index (χ3v) is 5.10. The lowest BCUT2D eigenvalue weighted by atomic mass is 10.4. The fourth-order valence-corrected chi connectivity index (χ4v) is 3.09. The predicted molar refractivity (Wildman–Crippen MR) is 138 cm³/mol. The minimum Gasteiger partial charge on any atom is -0.380 e. The molecule has 1 saturated heterocycles. The first kappa shape index (κ1) is 29.0. The fraction of sp³-hybridized carbons (Fsp3) is 0.615. The zero-order chi connectivity index (χ0) is 22.0. The smallest absolute Gasteiger partial charge is 0.0204 e. The third-order valence-electron chi connectivity index (χ3n) is 5.10. The Morgan fingerprint density at radius 2 is 1.00 bits per heavy atom. The maximum atomic E-state index is 2.36. The van der Waals surface area contributed by atoms with Gasteiger partial charge in [0, 0.05) is 59.7 Å². The lowest BCUT2D eigenvalue weighted by molar-refractivity contribution is 0.418. The van der Waals surface area contributed by atoms with Gasteiger partial charge in [-0.15, -0.1) is 0 Å². The van der Waals surface area contributed by atoms with E-state index < -0.39 is 0 Å². The maximum absolute atomic E-state index is 2.36. The molecule has 1 fully saturated rings. The first-order valence-corrected chi connectivity index (χ1v) is 11.3. The minimum atomic E-state index is 0. The summed E-state index contributed by atoms with van der Waals surface area (Å²) in [6.45, 7) is 7.33. The van der Waals surface area contributed by atoms with Crippen LogP contribution in [0.3, 0.4) is 0 Å². The van der Waals surface area contributed by atoms with Crippen molar-refractivity contribution >= 4 is 0 Å². The Bertz CT molecular complexity index is 557. The van der Waals surface area contributed by atoms with Crippen molar-refractivity contribution in [3.8, 4) is 0 Å². The molecule has 0 spiro atoms. The molecule has 5 heterocycles. The summed E-state index contributed by atoms with van der Waals surface area (Å²) in [5.41, 5.74) is 0. The fourth-order valence-electron chi connectivity index (χ4n) is 3.09. The number of nitrogens with zero attached hydrogens (tertiary/aromatic N) is 5. The number of likely N-dealkylation sites (tertiary alicyclic amines) is 1. The monoisotopic (exact) mass is 431 g/mol. The Morgan fingerprint density at radius 3 is 1.13 bits per heavy atom. The molecule has 4 aliphatic rings. The highest BCUT2D eigenvalue weighted by atomic mass is 15.1. The van der Waals surface area contributed by atoms with Crippen LogP contribution in [-0.2, 0) is 7.05 Å². The highest BCUT2D eigenvalue weighted by molar-refractivity contribution is 4.93. The molecule has 5 rings (SSSR count). The first-order valence-electron chi connectivity index (χ1n) is 11.3. The van der Waals surface area contributed by atoms with Gasteiger partial charge in [-0.1, -0.05) is 31.7 Å². The molecule has 0 atom stereocenters. The van der Waals surface area contributed by atoms with Crippen LogP contribution in [0.15, 0.2) is 61.2 Å². The molecule has 0 aliphatic carbocycles. The second kappa shape index (κ2) is 18.8. The van der Waals surface area contributed by atoms with Crippen molar-refractivity contribution in [2.24, 2.45) is 7.05 Å². The molecule has 178 valence electrons. The van der Waals surface area contributed by atoms with Crippen molar-refractivity contribution in [2.75, 3.05) is 67.5 Å². The van der Waals surface area contributed by atoms with E-state index in [2.05, 4.69) is 84.5 Å². The number of aromatic nitrogens is 1. The second-order valence-corrected chi connectivity index (χ2v) is 8.36. The molecule has 0 bridgehead atoms. The average molecular weight is 432 g/mol. The molecule has 5 nitrogen and oxygen atoms in total. The molecular formula is C26H49N5. The third kappa shape index (κ3) is 17.4. The highest BCUT2D eigenvalue weighted by Gasteiger charge is 2.03. The Balaban J connectivity index is 0.000000360.